The Hall–Kier alpha value is -0.980. The molecule has 1 heterocycles. The molecule has 0 aromatic heterocycles. The number of carbonyl (C=O) groups excluding carboxylic acids is 2. The van der Waals surface area contributed by atoms with Crippen LogP contribution in [0, 0.1) is 16.7 Å². The number of hydrogen-bond acceptors (Lipinski definition) is 6. The molecule has 2 aliphatic carbocycles. The van der Waals surface area contributed by atoms with Gasteiger partial charge in [0.25, 0.3) is 0 Å². The van der Waals surface area contributed by atoms with Gasteiger partial charge in [-0.3, -0.25) is 9.59 Å². The molecule has 2 bridgehead atoms. The Balaban J connectivity index is 2.32. The van der Waals surface area contributed by atoms with E-state index in [1.807, 2.05) is 0 Å². The van der Waals surface area contributed by atoms with E-state index in [1.54, 1.807) is 13.8 Å². The van der Waals surface area contributed by atoms with Crippen molar-refractivity contribution >= 4 is 11.8 Å². The highest BCUT2D eigenvalue weighted by Gasteiger charge is 2.80. The zero-order valence-corrected chi connectivity index (χ0v) is 12.5. The number of aliphatic hydroxyl groups excluding tert-OH is 1. The van der Waals surface area contributed by atoms with Gasteiger partial charge in [-0.2, -0.15) is 0 Å². The Kier molecular flexibility index (Phi) is 2.74. The van der Waals surface area contributed by atoms with Crippen molar-refractivity contribution in [2.75, 3.05) is 6.61 Å². The summed E-state index contributed by atoms with van der Waals surface area (Å²) < 4.78 is 5.20. The molecule has 6 nitrogen and oxygen atoms in total. The molecule has 0 amide bonds. The Bertz CT molecular complexity index is 528. The number of ether oxygens (including phenoxy) is 1. The van der Waals surface area contributed by atoms with Gasteiger partial charge in [-0.25, -0.2) is 0 Å². The highest BCUT2D eigenvalue weighted by atomic mass is 16.5. The Morgan fingerprint density at radius 3 is 2.43 bits per heavy atom. The molecule has 6 heteroatoms. The van der Waals surface area contributed by atoms with Gasteiger partial charge in [0.05, 0.1) is 18.1 Å². The summed E-state index contributed by atoms with van der Waals surface area (Å²) in [6.07, 6.45) is -1.66. The standard InChI is InChI=1S/C15H22O6/c1-8-9(16)4-14-6-11(18)21-7-12(8,2)15(14,20)10(17)5-13(14,3)19/h8,10,17,19-20H,4-7H2,1-3H3/t8-,10+,12+,13+,14+,15+/m1/s1. The van der Waals surface area contributed by atoms with Crippen LogP contribution in [-0.2, 0) is 14.3 Å². The summed E-state index contributed by atoms with van der Waals surface area (Å²) in [6.45, 7) is 4.69. The maximum Gasteiger partial charge on any atom is 0.306 e. The Labute approximate surface area is 123 Å². The molecule has 0 unspecified atom stereocenters. The lowest BCUT2D eigenvalue weighted by atomic mass is 9.46. The molecule has 1 aliphatic heterocycles. The molecule has 3 N–H and O–H groups in total. The average molecular weight is 298 g/mol. The van der Waals surface area contributed by atoms with Crippen molar-refractivity contribution < 1.29 is 29.6 Å². The second-order valence-electron chi connectivity index (χ2n) is 7.46. The average Bonchev–Trinajstić information content (AvgIpc) is 2.48. The molecular weight excluding hydrogens is 276 g/mol. The van der Waals surface area contributed by atoms with E-state index in [0.29, 0.717) is 0 Å². The van der Waals surface area contributed by atoms with Crippen LogP contribution in [0.4, 0.5) is 0 Å². The number of carbonyl (C=O) groups is 2. The van der Waals surface area contributed by atoms with E-state index >= 15 is 0 Å². The lowest BCUT2D eigenvalue weighted by molar-refractivity contribution is -0.250. The lowest BCUT2D eigenvalue weighted by Gasteiger charge is -2.59. The van der Waals surface area contributed by atoms with E-state index < -0.39 is 40.0 Å². The minimum atomic E-state index is -1.73. The van der Waals surface area contributed by atoms with E-state index in [1.165, 1.54) is 6.92 Å². The predicted octanol–water partition coefficient (Wildman–Crippen LogP) is -0.218. The number of rotatable bonds is 0. The largest absolute Gasteiger partial charge is 0.465 e. The van der Waals surface area contributed by atoms with Crippen molar-refractivity contribution in [3.05, 3.63) is 0 Å². The van der Waals surface area contributed by atoms with Crippen LogP contribution in [-0.4, -0.2) is 51.0 Å². The highest BCUT2D eigenvalue weighted by Crippen LogP contribution is 2.68. The first kappa shape index (κ1) is 14.9. The van der Waals surface area contributed by atoms with Crippen molar-refractivity contribution in [1.29, 1.82) is 0 Å². The lowest BCUT2D eigenvalue weighted by Crippen LogP contribution is -2.71. The number of esters is 1. The van der Waals surface area contributed by atoms with Gasteiger partial charge in [-0.05, 0) is 6.92 Å². The molecule has 2 saturated carbocycles. The van der Waals surface area contributed by atoms with Crippen LogP contribution < -0.4 is 0 Å². The van der Waals surface area contributed by atoms with E-state index in [0.717, 1.165) is 0 Å². The van der Waals surface area contributed by atoms with Gasteiger partial charge in [0.2, 0.25) is 0 Å². The first-order valence-electron chi connectivity index (χ1n) is 7.33. The number of ketones is 1. The van der Waals surface area contributed by atoms with Crippen LogP contribution in [0.15, 0.2) is 0 Å². The van der Waals surface area contributed by atoms with Gasteiger partial charge in [0.15, 0.2) is 0 Å². The SMILES string of the molecule is C[C@@H]1C(=O)C[C@@]23CC(=O)OC[C@]1(C)[C@@]2(O)[C@@H](O)C[C@]3(C)O. The highest BCUT2D eigenvalue weighted by molar-refractivity contribution is 5.86. The summed E-state index contributed by atoms with van der Waals surface area (Å²) in [5.41, 5.74) is -5.76. The summed E-state index contributed by atoms with van der Waals surface area (Å²) in [5, 5.41) is 32.8. The normalized spacial score (nSPS) is 56.7. The molecule has 3 fully saturated rings. The molecule has 0 aromatic carbocycles. The summed E-state index contributed by atoms with van der Waals surface area (Å²) in [6, 6.07) is 0. The van der Waals surface area contributed by atoms with Crippen LogP contribution >= 0.6 is 0 Å². The van der Waals surface area contributed by atoms with Gasteiger partial charge in [0.1, 0.15) is 18.0 Å². The van der Waals surface area contributed by atoms with E-state index in [4.69, 9.17) is 4.74 Å². The Morgan fingerprint density at radius 2 is 1.81 bits per heavy atom. The maximum absolute atomic E-state index is 12.5. The summed E-state index contributed by atoms with van der Waals surface area (Å²) in [4.78, 5) is 24.5. The van der Waals surface area contributed by atoms with Crippen molar-refractivity contribution in [3.63, 3.8) is 0 Å². The molecular formula is C15H22O6. The minimum Gasteiger partial charge on any atom is -0.465 e. The monoisotopic (exact) mass is 298 g/mol. The van der Waals surface area contributed by atoms with E-state index in [2.05, 4.69) is 0 Å². The van der Waals surface area contributed by atoms with Crippen LogP contribution in [0.5, 0.6) is 0 Å². The Morgan fingerprint density at radius 1 is 1.19 bits per heavy atom. The molecule has 21 heavy (non-hydrogen) atoms. The third kappa shape index (κ3) is 1.39. The molecule has 1 saturated heterocycles. The second kappa shape index (κ2) is 3.86. The van der Waals surface area contributed by atoms with Gasteiger partial charge >= 0.3 is 5.97 Å². The molecule has 3 aliphatic rings. The van der Waals surface area contributed by atoms with Crippen molar-refractivity contribution in [2.24, 2.45) is 16.7 Å². The minimum absolute atomic E-state index is 0.0631. The van der Waals surface area contributed by atoms with Crippen LogP contribution in [0.2, 0.25) is 0 Å². The second-order valence-corrected chi connectivity index (χ2v) is 7.46. The first-order chi connectivity index (χ1) is 9.52. The topological polar surface area (TPSA) is 104 Å². The summed E-state index contributed by atoms with van der Waals surface area (Å²) in [5.74, 6) is -1.23. The van der Waals surface area contributed by atoms with Crippen LogP contribution in [0.25, 0.3) is 0 Å². The van der Waals surface area contributed by atoms with Crippen molar-refractivity contribution in [2.45, 2.75) is 57.3 Å². The number of aliphatic hydroxyl groups is 3. The molecule has 0 aromatic rings. The van der Waals surface area contributed by atoms with Crippen molar-refractivity contribution in [3.8, 4) is 0 Å². The zero-order chi connectivity index (χ0) is 15.8. The first-order valence-corrected chi connectivity index (χ1v) is 7.33. The fourth-order valence-electron chi connectivity index (χ4n) is 4.99. The zero-order valence-electron chi connectivity index (χ0n) is 12.5. The molecule has 3 rings (SSSR count). The molecule has 6 atom stereocenters. The number of cyclic esters (lactones) is 1. The third-order valence-corrected chi connectivity index (χ3v) is 6.60. The van der Waals surface area contributed by atoms with Crippen LogP contribution in [0.1, 0.15) is 40.0 Å². The summed E-state index contributed by atoms with van der Waals surface area (Å²) >= 11 is 0. The van der Waals surface area contributed by atoms with E-state index in [-0.39, 0.29) is 31.7 Å². The molecule has 0 spiro atoms. The van der Waals surface area contributed by atoms with Gasteiger partial charge in [-0.1, -0.05) is 13.8 Å². The van der Waals surface area contributed by atoms with Gasteiger partial charge in [0, 0.05) is 29.6 Å². The van der Waals surface area contributed by atoms with Gasteiger partial charge in [-0.15, -0.1) is 0 Å². The fourth-order valence-corrected chi connectivity index (χ4v) is 4.99. The van der Waals surface area contributed by atoms with Crippen LogP contribution in [0.3, 0.4) is 0 Å². The third-order valence-electron chi connectivity index (χ3n) is 6.60. The quantitative estimate of drug-likeness (QED) is 0.534. The molecule has 0 radical (unpaired) electrons. The van der Waals surface area contributed by atoms with Crippen molar-refractivity contribution in [1.82, 2.24) is 0 Å². The fraction of sp³-hybridized carbons (Fsp3) is 0.867. The summed E-state index contributed by atoms with van der Waals surface area (Å²) in [7, 11) is 0. The van der Waals surface area contributed by atoms with E-state index in [9.17, 15) is 24.9 Å². The predicted molar refractivity (Wildman–Crippen MR) is 71.1 cm³/mol. The molecule has 118 valence electrons. The smallest absolute Gasteiger partial charge is 0.306 e. The number of Topliss-reactive ketones (excluding diaryl/α,β-unsaturated/α-hetero) is 1. The number of hydrogen-bond donors (Lipinski definition) is 3. The maximum atomic E-state index is 12.5. The van der Waals surface area contributed by atoms with Gasteiger partial charge < -0.3 is 20.1 Å².